The van der Waals surface area contributed by atoms with Gasteiger partial charge in [-0.25, -0.2) is 4.79 Å². The lowest BCUT2D eigenvalue weighted by Crippen LogP contribution is -2.17. The highest BCUT2D eigenvalue weighted by molar-refractivity contribution is 5.73. The number of ether oxygens (including phenoxy) is 4. The Bertz CT molecular complexity index is 361. The van der Waals surface area contributed by atoms with Gasteiger partial charge in [0.2, 0.25) is 0 Å². The van der Waals surface area contributed by atoms with Crippen molar-refractivity contribution in [2.24, 2.45) is 0 Å². The van der Waals surface area contributed by atoms with Crippen LogP contribution in [0.5, 0.6) is 11.5 Å². The molecule has 0 aromatic heterocycles. The maximum Gasteiger partial charge on any atom is 0.337 e. The average molecular weight is 268 g/mol. The molecule has 0 atom stereocenters. The van der Waals surface area contributed by atoms with Crippen molar-refractivity contribution in [3.8, 4) is 11.5 Å². The van der Waals surface area contributed by atoms with Crippen LogP contribution in [-0.4, -0.2) is 39.5 Å². The van der Waals surface area contributed by atoms with Crippen LogP contribution in [0.2, 0.25) is 0 Å². The van der Waals surface area contributed by atoms with Crippen LogP contribution in [0, 0.1) is 0 Å². The first-order valence-corrected chi connectivity index (χ1v) is 6.26. The zero-order chi connectivity index (χ0) is 13.9. The maximum absolute atomic E-state index is 11.4. The van der Waals surface area contributed by atoms with Gasteiger partial charge in [-0.1, -0.05) is 6.92 Å². The van der Waals surface area contributed by atoms with Crippen LogP contribution in [0.1, 0.15) is 13.3 Å². The predicted octanol–water partition coefficient (Wildman–Crippen LogP) is 2.04. The summed E-state index contributed by atoms with van der Waals surface area (Å²) in [5.74, 6) is 0.806. The van der Waals surface area contributed by atoms with E-state index in [4.69, 9.17) is 18.9 Å². The zero-order valence-electron chi connectivity index (χ0n) is 11.4. The van der Waals surface area contributed by atoms with Crippen LogP contribution < -0.4 is 9.47 Å². The molecule has 0 aliphatic rings. The van der Waals surface area contributed by atoms with E-state index in [1.807, 2.05) is 6.92 Å². The summed E-state index contributed by atoms with van der Waals surface area (Å²) in [6, 6.07) is 6.92. The first-order chi connectivity index (χ1) is 9.26. The topological polar surface area (TPSA) is 54.0 Å². The molecule has 0 radical (unpaired) electrons. The minimum atomic E-state index is -0.432. The molecule has 0 N–H and O–H groups in total. The normalized spacial score (nSPS) is 10.2. The Morgan fingerprint density at radius 2 is 1.74 bits per heavy atom. The van der Waals surface area contributed by atoms with Crippen molar-refractivity contribution in [1.29, 1.82) is 0 Å². The maximum atomic E-state index is 11.4. The third-order valence-corrected chi connectivity index (χ3v) is 2.18. The Labute approximate surface area is 113 Å². The summed E-state index contributed by atoms with van der Waals surface area (Å²) in [6.45, 7) is 3.45. The molecule has 0 aliphatic carbocycles. The third-order valence-electron chi connectivity index (χ3n) is 2.18. The first kappa shape index (κ1) is 15.5. The molecular formula is C14H20O5. The largest absolute Gasteiger partial charge is 0.494 e. The zero-order valence-corrected chi connectivity index (χ0v) is 11.4. The standard InChI is InChI=1S/C14H20O5/c1-3-8-18-12-4-6-13(7-5-12)19-14(15)11-17-10-9-16-2/h4-7H,3,8-11H2,1-2H3. The van der Waals surface area contributed by atoms with Gasteiger partial charge in [0.25, 0.3) is 0 Å². The summed E-state index contributed by atoms with van der Waals surface area (Å²) < 4.78 is 20.4. The van der Waals surface area contributed by atoms with Crippen LogP contribution in [0.4, 0.5) is 0 Å². The highest BCUT2D eigenvalue weighted by atomic mass is 16.6. The minimum Gasteiger partial charge on any atom is -0.494 e. The summed E-state index contributed by atoms with van der Waals surface area (Å²) in [5.41, 5.74) is 0. The Hall–Kier alpha value is -1.59. The number of carbonyl (C=O) groups excluding carboxylic acids is 1. The van der Waals surface area contributed by atoms with Gasteiger partial charge in [0.05, 0.1) is 19.8 Å². The highest BCUT2D eigenvalue weighted by Gasteiger charge is 2.05. The quantitative estimate of drug-likeness (QED) is 0.390. The molecule has 0 saturated carbocycles. The fourth-order valence-electron chi connectivity index (χ4n) is 1.28. The summed E-state index contributed by atoms with van der Waals surface area (Å²) in [7, 11) is 1.57. The molecule has 1 aromatic carbocycles. The number of esters is 1. The van der Waals surface area contributed by atoms with Gasteiger partial charge in [-0.2, -0.15) is 0 Å². The van der Waals surface area contributed by atoms with E-state index in [9.17, 15) is 4.79 Å². The summed E-state index contributed by atoms with van der Waals surface area (Å²) >= 11 is 0. The molecule has 0 bridgehead atoms. The molecule has 0 saturated heterocycles. The molecule has 5 nitrogen and oxygen atoms in total. The van der Waals surface area contributed by atoms with Crippen LogP contribution >= 0.6 is 0 Å². The number of carbonyl (C=O) groups is 1. The number of hydrogen-bond acceptors (Lipinski definition) is 5. The van der Waals surface area contributed by atoms with Crippen molar-refractivity contribution in [1.82, 2.24) is 0 Å². The van der Waals surface area contributed by atoms with Gasteiger partial charge < -0.3 is 18.9 Å². The molecule has 0 amide bonds. The van der Waals surface area contributed by atoms with E-state index in [2.05, 4.69) is 0 Å². The van der Waals surface area contributed by atoms with Gasteiger partial charge in [-0.3, -0.25) is 0 Å². The lowest BCUT2D eigenvalue weighted by atomic mass is 10.3. The third kappa shape index (κ3) is 6.79. The minimum absolute atomic E-state index is 0.0859. The second kappa shape index (κ2) is 9.35. The van der Waals surface area contributed by atoms with E-state index < -0.39 is 5.97 Å². The predicted molar refractivity (Wildman–Crippen MR) is 70.6 cm³/mol. The molecule has 0 heterocycles. The van der Waals surface area contributed by atoms with E-state index in [1.54, 1.807) is 31.4 Å². The molecule has 1 rings (SSSR count). The molecule has 19 heavy (non-hydrogen) atoms. The lowest BCUT2D eigenvalue weighted by molar-refractivity contribution is -0.139. The Kier molecular flexibility index (Phi) is 7.62. The van der Waals surface area contributed by atoms with Gasteiger partial charge in [-0.15, -0.1) is 0 Å². The second-order valence-electron chi connectivity index (χ2n) is 3.84. The average Bonchev–Trinajstić information content (AvgIpc) is 2.43. The summed E-state index contributed by atoms with van der Waals surface area (Å²) in [6.07, 6.45) is 0.954. The van der Waals surface area contributed by atoms with Crippen molar-refractivity contribution in [3.63, 3.8) is 0 Å². The molecule has 0 aliphatic heterocycles. The Balaban J connectivity index is 2.29. The lowest BCUT2D eigenvalue weighted by Gasteiger charge is -2.07. The van der Waals surface area contributed by atoms with Gasteiger partial charge >= 0.3 is 5.97 Å². The number of benzene rings is 1. The second-order valence-corrected chi connectivity index (χ2v) is 3.84. The SMILES string of the molecule is CCCOc1ccc(OC(=O)COCCOC)cc1. The fourth-order valence-corrected chi connectivity index (χ4v) is 1.28. The molecular weight excluding hydrogens is 248 g/mol. The van der Waals surface area contributed by atoms with Gasteiger partial charge in [0.15, 0.2) is 0 Å². The molecule has 5 heteroatoms. The van der Waals surface area contributed by atoms with Crippen LogP contribution in [0.15, 0.2) is 24.3 Å². The van der Waals surface area contributed by atoms with Gasteiger partial charge in [-0.05, 0) is 30.7 Å². The number of hydrogen-bond donors (Lipinski definition) is 0. The van der Waals surface area contributed by atoms with Crippen molar-refractivity contribution in [2.45, 2.75) is 13.3 Å². The highest BCUT2D eigenvalue weighted by Crippen LogP contribution is 2.17. The van der Waals surface area contributed by atoms with Crippen molar-refractivity contribution in [2.75, 3.05) is 33.5 Å². The number of methoxy groups -OCH3 is 1. The first-order valence-electron chi connectivity index (χ1n) is 6.26. The Morgan fingerprint density at radius 1 is 1.05 bits per heavy atom. The van der Waals surface area contributed by atoms with E-state index >= 15 is 0 Å². The van der Waals surface area contributed by atoms with Crippen molar-refractivity contribution >= 4 is 5.97 Å². The van der Waals surface area contributed by atoms with E-state index in [-0.39, 0.29) is 6.61 Å². The van der Waals surface area contributed by atoms with Crippen LogP contribution in [0.3, 0.4) is 0 Å². The van der Waals surface area contributed by atoms with Gasteiger partial charge in [0.1, 0.15) is 18.1 Å². The number of rotatable bonds is 9. The molecule has 0 unspecified atom stereocenters. The van der Waals surface area contributed by atoms with E-state index in [0.717, 1.165) is 12.2 Å². The van der Waals surface area contributed by atoms with E-state index in [1.165, 1.54) is 0 Å². The molecule has 106 valence electrons. The summed E-state index contributed by atoms with van der Waals surface area (Å²) in [4.78, 5) is 11.4. The smallest absolute Gasteiger partial charge is 0.337 e. The summed E-state index contributed by atoms with van der Waals surface area (Å²) in [5, 5.41) is 0. The molecule has 1 aromatic rings. The monoisotopic (exact) mass is 268 g/mol. The fraction of sp³-hybridized carbons (Fsp3) is 0.500. The Morgan fingerprint density at radius 3 is 2.37 bits per heavy atom. The van der Waals surface area contributed by atoms with Crippen molar-refractivity contribution < 1.29 is 23.7 Å². The van der Waals surface area contributed by atoms with E-state index in [0.29, 0.717) is 25.6 Å². The van der Waals surface area contributed by atoms with Gasteiger partial charge in [0, 0.05) is 7.11 Å². The molecule has 0 spiro atoms. The van der Waals surface area contributed by atoms with Crippen LogP contribution in [-0.2, 0) is 14.3 Å². The molecule has 0 fully saturated rings. The van der Waals surface area contributed by atoms with Crippen molar-refractivity contribution in [3.05, 3.63) is 24.3 Å². The van der Waals surface area contributed by atoms with Crippen LogP contribution in [0.25, 0.3) is 0 Å².